The first-order valence-corrected chi connectivity index (χ1v) is 8.71. The molecule has 1 atom stereocenters. The van der Waals surface area contributed by atoms with E-state index in [0.29, 0.717) is 23.1 Å². The Balaban J connectivity index is 2.32. The predicted molar refractivity (Wildman–Crippen MR) is 84.1 cm³/mol. The Morgan fingerprint density at radius 2 is 2.14 bits per heavy atom. The zero-order valence-corrected chi connectivity index (χ0v) is 14.3. The minimum absolute atomic E-state index is 0.142. The van der Waals surface area contributed by atoms with Crippen LogP contribution in [0.4, 0.5) is 5.69 Å². The molecule has 1 fully saturated rings. The average Bonchev–Trinajstić information content (AvgIpc) is 2.82. The maximum Gasteiger partial charge on any atom is 0.244 e. The molecular weight excluding hydrogens is 358 g/mol. The Hall–Kier alpha value is -1.12. The van der Waals surface area contributed by atoms with Crippen LogP contribution in [0.1, 0.15) is 13.3 Å². The van der Waals surface area contributed by atoms with Crippen LogP contribution in [-0.2, 0) is 14.8 Å². The van der Waals surface area contributed by atoms with Crippen LogP contribution in [0.25, 0.3) is 0 Å². The van der Waals surface area contributed by atoms with Crippen molar-refractivity contribution >= 4 is 37.5 Å². The van der Waals surface area contributed by atoms with E-state index in [0.717, 1.165) is 0 Å². The molecule has 0 saturated carbocycles. The normalized spacial score (nSPS) is 23.2. The van der Waals surface area contributed by atoms with Gasteiger partial charge in [0.2, 0.25) is 15.9 Å². The highest BCUT2D eigenvalue weighted by Gasteiger charge is 2.44. The van der Waals surface area contributed by atoms with Gasteiger partial charge < -0.3 is 11.1 Å². The highest BCUT2D eigenvalue weighted by atomic mass is 79.9. The molecule has 0 radical (unpaired) electrons. The number of nitrogens with zero attached hydrogens (tertiary/aromatic N) is 1. The number of carbonyl (C=O) groups excluding carboxylic acids is 1. The van der Waals surface area contributed by atoms with E-state index in [9.17, 15) is 13.2 Å². The van der Waals surface area contributed by atoms with Crippen molar-refractivity contribution < 1.29 is 13.2 Å². The highest BCUT2D eigenvalue weighted by Crippen LogP contribution is 2.35. The fourth-order valence-electron chi connectivity index (χ4n) is 2.48. The largest absolute Gasteiger partial charge is 0.399 e. The van der Waals surface area contributed by atoms with Crippen molar-refractivity contribution in [1.82, 2.24) is 9.62 Å². The van der Waals surface area contributed by atoms with Crippen molar-refractivity contribution in [2.24, 2.45) is 5.41 Å². The van der Waals surface area contributed by atoms with Gasteiger partial charge in [-0.1, -0.05) is 0 Å². The van der Waals surface area contributed by atoms with Gasteiger partial charge in [-0.3, -0.25) is 4.79 Å². The van der Waals surface area contributed by atoms with Crippen LogP contribution in [0, 0.1) is 5.41 Å². The predicted octanol–water partition coefficient (Wildman–Crippen LogP) is 1.18. The smallest absolute Gasteiger partial charge is 0.244 e. The Labute approximate surface area is 132 Å². The van der Waals surface area contributed by atoms with E-state index in [-0.39, 0.29) is 17.3 Å². The maximum absolute atomic E-state index is 12.7. The number of benzene rings is 1. The topological polar surface area (TPSA) is 92.5 Å². The van der Waals surface area contributed by atoms with Crippen molar-refractivity contribution in [2.75, 3.05) is 25.9 Å². The van der Waals surface area contributed by atoms with Crippen LogP contribution < -0.4 is 11.1 Å². The fraction of sp³-hybridized carbons (Fsp3) is 0.462. The summed E-state index contributed by atoms with van der Waals surface area (Å²) in [5, 5.41) is 2.59. The number of carbonyl (C=O) groups is 1. The lowest BCUT2D eigenvalue weighted by molar-refractivity contribution is -0.128. The zero-order chi connectivity index (χ0) is 15.8. The molecule has 1 aliphatic heterocycles. The lowest BCUT2D eigenvalue weighted by atomic mass is 9.89. The van der Waals surface area contributed by atoms with E-state index >= 15 is 0 Å². The van der Waals surface area contributed by atoms with Gasteiger partial charge in [0.25, 0.3) is 0 Å². The minimum atomic E-state index is -3.65. The molecular formula is C13H18BrN3O3S. The number of nitrogen functional groups attached to an aromatic ring is 1. The summed E-state index contributed by atoms with van der Waals surface area (Å²) >= 11 is 3.24. The van der Waals surface area contributed by atoms with Gasteiger partial charge in [-0.05, 0) is 47.5 Å². The van der Waals surface area contributed by atoms with Crippen LogP contribution in [0.5, 0.6) is 0 Å². The lowest BCUT2D eigenvalue weighted by Crippen LogP contribution is -2.40. The van der Waals surface area contributed by atoms with Crippen LogP contribution in [0.15, 0.2) is 27.6 Å². The molecule has 0 spiro atoms. The van der Waals surface area contributed by atoms with Crippen molar-refractivity contribution in [3.8, 4) is 0 Å². The molecule has 1 aromatic rings. The van der Waals surface area contributed by atoms with Gasteiger partial charge >= 0.3 is 0 Å². The van der Waals surface area contributed by atoms with E-state index in [4.69, 9.17) is 5.73 Å². The number of anilines is 1. The summed E-state index contributed by atoms with van der Waals surface area (Å²) in [6.45, 7) is 2.27. The number of nitrogens with one attached hydrogen (secondary N) is 1. The third kappa shape index (κ3) is 2.93. The number of rotatable bonds is 3. The first kappa shape index (κ1) is 16.3. The van der Waals surface area contributed by atoms with Crippen LogP contribution >= 0.6 is 15.9 Å². The highest BCUT2D eigenvalue weighted by molar-refractivity contribution is 9.10. The van der Waals surface area contributed by atoms with Crippen molar-refractivity contribution in [3.05, 3.63) is 22.7 Å². The zero-order valence-electron chi connectivity index (χ0n) is 11.9. The van der Waals surface area contributed by atoms with Gasteiger partial charge in [0.05, 0.1) is 10.3 Å². The minimum Gasteiger partial charge on any atom is -0.399 e. The number of halogens is 1. The Morgan fingerprint density at radius 3 is 2.71 bits per heavy atom. The SMILES string of the molecule is CNC(=O)C1(C)CCN(S(=O)(=O)c2ccc(N)cc2Br)C1. The molecule has 0 bridgehead atoms. The molecule has 0 aromatic heterocycles. The standard InChI is InChI=1S/C13H18BrN3O3S/c1-13(12(18)16-2)5-6-17(8-13)21(19,20)11-4-3-9(15)7-10(11)14/h3-4,7H,5-6,8,15H2,1-2H3,(H,16,18). The summed E-state index contributed by atoms with van der Waals surface area (Å²) in [5.41, 5.74) is 5.43. The van der Waals surface area contributed by atoms with Crippen LogP contribution in [0.2, 0.25) is 0 Å². The molecule has 21 heavy (non-hydrogen) atoms. The van der Waals surface area contributed by atoms with Gasteiger partial charge in [-0.2, -0.15) is 4.31 Å². The van der Waals surface area contributed by atoms with Gasteiger partial charge in [0.15, 0.2) is 0 Å². The summed E-state index contributed by atoms with van der Waals surface area (Å²) in [7, 11) is -2.09. The first-order chi connectivity index (χ1) is 9.70. The van der Waals surface area contributed by atoms with Gasteiger partial charge in [-0.15, -0.1) is 0 Å². The Bertz CT molecular complexity index is 677. The summed E-state index contributed by atoms with van der Waals surface area (Å²) in [5.74, 6) is -0.142. The number of hydrogen-bond donors (Lipinski definition) is 2. The fourth-order valence-corrected chi connectivity index (χ4v) is 5.10. The van der Waals surface area contributed by atoms with Crippen molar-refractivity contribution in [3.63, 3.8) is 0 Å². The van der Waals surface area contributed by atoms with E-state index in [1.54, 1.807) is 26.1 Å². The molecule has 8 heteroatoms. The second kappa shape index (κ2) is 5.58. The molecule has 1 unspecified atom stereocenters. The molecule has 1 amide bonds. The second-order valence-electron chi connectivity index (χ2n) is 5.42. The molecule has 2 rings (SSSR count). The van der Waals surface area contributed by atoms with Crippen LogP contribution in [-0.4, -0.2) is 38.8 Å². The third-order valence-electron chi connectivity index (χ3n) is 3.79. The summed E-state index contributed by atoms with van der Waals surface area (Å²) in [6.07, 6.45) is 0.499. The molecule has 1 heterocycles. The van der Waals surface area contributed by atoms with E-state index in [1.807, 2.05) is 0 Å². The van der Waals surface area contributed by atoms with Crippen molar-refractivity contribution in [2.45, 2.75) is 18.2 Å². The summed E-state index contributed by atoms with van der Waals surface area (Å²) < 4.78 is 27.2. The molecule has 1 aliphatic rings. The molecule has 116 valence electrons. The van der Waals surface area contributed by atoms with E-state index in [1.165, 1.54) is 10.4 Å². The molecule has 1 aromatic carbocycles. The number of amides is 1. The third-order valence-corrected chi connectivity index (χ3v) is 6.61. The molecule has 0 aliphatic carbocycles. The summed E-state index contributed by atoms with van der Waals surface area (Å²) in [6, 6.07) is 4.58. The van der Waals surface area contributed by atoms with Gasteiger partial charge in [-0.25, -0.2) is 8.42 Å². The second-order valence-corrected chi connectivity index (χ2v) is 8.18. The molecule has 3 N–H and O–H groups in total. The number of sulfonamides is 1. The van der Waals surface area contributed by atoms with Gasteiger partial charge in [0.1, 0.15) is 0 Å². The van der Waals surface area contributed by atoms with E-state index < -0.39 is 15.4 Å². The number of nitrogens with two attached hydrogens (primary N) is 1. The first-order valence-electron chi connectivity index (χ1n) is 6.48. The Kier molecular flexibility index (Phi) is 4.32. The molecule has 1 saturated heterocycles. The Morgan fingerprint density at radius 1 is 1.48 bits per heavy atom. The van der Waals surface area contributed by atoms with Crippen molar-refractivity contribution in [1.29, 1.82) is 0 Å². The molecule has 6 nitrogen and oxygen atoms in total. The lowest BCUT2D eigenvalue weighted by Gasteiger charge is -2.23. The monoisotopic (exact) mass is 375 g/mol. The average molecular weight is 376 g/mol. The quantitative estimate of drug-likeness (QED) is 0.775. The maximum atomic E-state index is 12.7. The summed E-state index contributed by atoms with van der Waals surface area (Å²) in [4.78, 5) is 12.1. The van der Waals surface area contributed by atoms with Crippen LogP contribution in [0.3, 0.4) is 0 Å². The van der Waals surface area contributed by atoms with E-state index in [2.05, 4.69) is 21.2 Å². The number of hydrogen-bond acceptors (Lipinski definition) is 4. The van der Waals surface area contributed by atoms with Gasteiger partial charge in [0, 0.05) is 30.3 Å².